The number of aromatic nitrogens is 1. The molecule has 0 aliphatic heterocycles. The van der Waals surface area contributed by atoms with E-state index in [1.54, 1.807) is 0 Å². The molecule has 0 amide bonds. The first-order valence-electron chi connectivity index (χ1n) is 3.72. The van der Waals surface area contributed by atoms with Gasteiger partial charge in [0.1, 0.15) is 10.8 Å². The average Bonchev–Trinajstić information content (AvgIpc) is 2.14. The van der Waals surface area contributed by atoms with Gasteiger partial charge < -0.3 is 0 Å². The van der Waals surface area contributed by atoms with Crippen LogP contribution in [0.1, 0.15) is 12.0 Å². The molecule has 6 nitrogen and oxygen atoms in total. The molecule has 0 radical (unpaired) electrons. The molecule has 0 fully saturated rings. The Morgan fingerprint density at radius 1 is 1.53 bits per heavy atom. The summed E-state index contributed by atoms with van der Waals surface area (Å²) in [6, 6.07) is 0. The van der Waals surface area contributed by atoms with Gasteiger partial charge in [0.25, 0.3) is 15.5 Å². The van der Waals surface area contributed by atoms with Crippen molar-refractivity contribution in [2.45, 2.75) is 11.3 Å². The Kier molecular flexibility index (Phi) is 3.99. The summed E-state index contributed by atoms with van der Waals surface area (Å²) in [7, 11) is 0.219. The van der Waals surface area contributed by atoms with E-state index >= 15 is 0 Å². The van der Waals surface area contributed by atoms with Crippen LogP contribution in [0.15, 0.2) is 15.7 Å². The van der Waals surface area contributed by atoms with Gasteiger partial charge in [-0.15, -0.1) is 0 Å². The summed E-state index contributed by atoms with van der Waals surface area (Å²) in [5, 5.41) is 10.5. The fraction of sp³-hybridized carbons (Fsp3) is 0.167. The van der Waals surface area contributed by atoms with Gasteiger partial charge in [-0.05, 0) is 15.9 Å². The molecule has 17 heavy (non-hydrogen) atoms. The summed E-state index contributed by atoms with van der Waals surface area (Å²) in [6.07, 6.45) is -2.74. The minimum Gasteiger partial charge on any atom is -0.258 e. The smallest absolute Gasteiger partial charge is 0.258 e. The molecular formula is C6H2BrClF2N2O4S. The predicted octanol–water partition coefficient (Wildman–Crippen LogP) is 2.62. The molecular weight excluding hydrogens is 349 g/mol. The number of nitro groups is 1. The molecule has 1 rings (SSSR count). The summed E-state index contributed by atoms with van der Waals surface area (Å²) >= 11 is 2.59. The van der Waals surface area contributed by atoms with E-state index in [1.165, 1.54) is 0 Å². The van der Waals surface area contributed by atoms with Crippen LogP contribution < -0.4 is 0 Å². The molecule has 1 aromatic heterocycles. The highest BCUT2D eigenvalue weighted by atomic mass is 79.9. The van der Waals surface area contributed by atoms with Crippen LogP contribution in [0.3, 0.4) is 0 Å². The Bertz CT molecular complexity index is 580. The highest BCUT2D eigenvalue weighted by Gasteiger charge is 2.34. The maximum atomic E-state index is 12.6. The molecule has 0 saturated heterocycles. The third kappa shape index (κ3) is 2.87. The second-order valence-corrected chi connectivity index (χ2v) is 5.93. The van der Waals surface area contributed by atoms with Crippen LogP contribution in [-0.4, -0.2) is 18.3 Å². The maximum absolute atomic E-state index is 12.6. The quantitative estimate of drug-likeness (QED) is 0.361. The summed E-state index contributed by atoms with van der Waals surface area (Å²) in [4.78, 5) is 11.4. The van der Waals surface area contributed by atoms with Crippen molar-refractivity contribution in [1.29, 1.82) is 0 Å². The molecule has 0 aliphatic carbocycles. The topological polar surface area (TPSA) is 90.2 Å². The monoisotopic (exact) mass is 350 g/mol. The summed E-state index contributed by atoms with van der Waals surface area (Å²) in [5.74, 6) is 0. The number of alkyl halides is 2. The van der Waals surface area contributed by atoms with Crippen LogP contribution in [0.2, 0.25) is 0 Å². The fourth-order valence-electron chi connectivity index (χ4n) is 1.05. The van der Waals surface area contributed by atoms with E-state index in [0.717, 1.165) is 0 Å². The predicted molar refractivity (Wildman–Crippen MR) is 56.6 cm³/mol. The van der Waals surface area contributed by atoms with E-state index in [1.807, 2.05) is 0 Å². The van der Waals surface area contributed by atoms with Crippen molar-refractivity contribution in [1.82, 2.24) is 4.98 Å². The van der Waals surface area contributed by atoms with Gasteiger partial charge in [-0.3, -0.25) is 10.1 Å². The summed E-state index contributed by atoms with van der Waals surface area (Å²) < 4.78 is 47.0. The molecule has 0 aromatic carbocycles. The Balaban J connectivity index is 3.82. The number of pyridine rings is 1. The van der Waals surface area contributed by atoms with E-state index in [4.69, 9.17) is 10.7 Å². The highest BCUT2D eigenvalue weighted by molar-refractivity contribution is 9.10. The lowest BCUT2D eigenvalue weighted by atomic mass is 10.3. The van der Waals surface area contributed by atoms with Gasteiger partial charge in [0.05, 0.1) is 10.5 Å². The molecule has 1 heterocycles. The van der Waals surface area contributed by atoms with E-state index in [0.29, 0.717) is 6.20 Å². The average molecular weight is 352 g/mol. The molecule has 0 aliphatic rings. The molecule has 1 aromatic rings. The van der Waals surface area contributed by atoms with Crippen molar-refractivity contribution in [2.75, 3.05) is 0 Å². The Hall–Kier alpha value is -0.870. The Labute approximate surface area is 106 Å². The second-order valence-electron chi connectivity index (χ2n) is 2.67. The maximum Gasteiger partial charge on any atom is 0.307 e. The second kappa shape index (κ2) is 4.78. The first kappa shape index (κ1) is 14.2. The van der Waals surface area contributed by atoms with Gasteiger partial charge in [-0.1, -0.05) is 0 Å². The summed E-state index contributed by atoms with van der Waals surface area (Å²) in [5.41, 5.74) is -2.23. The minimum absolute atomic E-state index is 0.516. The van der Waals surface area contributed by atoms with Gasteiger partial charge in [0.15, 0.2) is 4.90 Å². The van der Waals surface area contributed by atoms with Crippen molar-refractivity contribution >= 4 is 41.4 Å². The zero-order chi connectivity index (χ0) is 13.4. The van der Waals surface area contributed by atoms with Crippen LogP contribution >= 0.6 is 26.6 Å². The fourth-order valence-corrected chi connectivity index (χ4v) is 2.97. The van der Waals surface area contributed by atoms with Crippen molar-refractivity contribution in [3.05, 3.63) is 26.5 Å². The lowest BCUT2D eigenvalue weighted by Gasteiger charge is -2.07. The van der Waals surface area contributed by atoms with Gasteiger partial charge in [0.2, 0.25) is 0 Å². The normalized spacial score (nSPS) is 11.8. The number of hydrogen-bond acceptors (Lipinski definition) is 5. The third-order valence-electron chi connectivity index (χ3n) is 1.66. The molecule has 0 bridgehead atoms. The van der Waals surface area contributed by atoms with Crippen LogP contribution in [0.4, 0.5) is 14.5 Å². The van der Waals surface area contributed by atoms with Gasteiger partial charge >= 0.3 is 5.69 Å². The largest absolute Gasteiger partial charge is 0.307 e. The minimum atomic E-state index is -4.70. The molecule has 94 valence electrons. The molecule has 0 atom stereocenters. The zero-order valence-electron chi connectivity index (χ0n) is 7.60. The third-order valence-corrected chi connectivity index (χ3v) is 3.67. The standard InChI is InChI=1S/C6H2BrClF2N2O4S/c7-5-3(6(9)10)4(17(8,15)16)2(1-11-5)12(13)14/h1,6H. The SMILES string of the molecule is O=[N+]([O-])c1cnc(Br)c(C(F)F)c1S(=O)(=O)Cl. The lowest BCUT2D eigenvalue weighted by molar-refractivity contribution is -0.388. The van der Waals surface area contributed by atoms with Crippen LogP contribution in [-0.2, 0) is 9.05 Å². The molecule has 11 heteroatoms. The van der Waals surface area contributed by atoms with Gasteiger partial charge in [-0.25, -0.2) is 22.2 Å². The summed E-state index contributed by atoms with van der Waals surface area (Å²) in [6.45, 7) is 0. The first-order valence-corrected chi connectivity index (χ1v) is 6.82. The van der Waals surface area contributed by atoms with Crippen LogP contribution in [0.5, 0.6) is 0 Å². The molecule has 0 saturated carbocycles. The van der Waals surface area contributed by atoms with E-state index in [2.05, 4.69) is 20.9 Å². The van der Waals surface area contributed by atoms with Crippen molar-refractivity contribution in [3.63, 3.8) is 0 Å². The highest BCUT2D eigenvalue weighted by Crippen LogP contribution is 2.38. The van der Waals surface area contributed by atoms with E-state index in [9.17, 15) is 27.3 Å². The molecule has 0 spiro atoms. The van der Waals surface area contributed by atoms with Crippen molar-refractivity contribution in [2.24, 2.45) is 0 Å². The van der Waals surface area contributed by atoms with E-state index < -0.39 is 41.1 Å². The van der Waals surface area contributed by atoms with Crippen molar-refractivity contribution < 1.29 is 22.1 Å². The number of halogens is 4. The van der Waals surface area contributed by atoms with Gasteiger partial charge in [0, 0.05) is 10.7 Å². The molecule has 0 unspecified atom stereocenters. The Morgan fingerprint density at radius 2 is 2.06 bits per heavy atom. The van der Waals surface area contributed by atoms with Crippen LogP contribution in [0.25, 0.3) is 0 Å². The van der Waals surface area contributed by atoms with E-state index in [-0.39, 0.29) is 0 Å². The van der Waals surface area contributed by atoms with Crippen molar-refractivity contribution in [3.8, 4) is 0 Å². The number of hydrogen-bond donors (Lipinski definition) is 0. The lowest BCUT2D eigenvalue weighted by Crippen LogP contribution is -2.06. The van der Waals surface area contributed by atoms with Crippen LogP contribution in [0, 0.1) is 10.1 Å². The first-order chi connectivity index (χ1) is 7.66. The zero-order valence-corrected chi connectivity index (χ0v) is 10.8. The number of nitrogens with zero attached hydrogens (tertiary/aromatic N) is 2. The van der Waals surface area contributed by atoms with Gasteiger partial charge in [-0.2, -0.15) is 0 Å². The molecule has 0 N–H and O–H groups in total. The Morgan fingerprint density at radius 3 is 2.41 bits per heavy atom. The number of rotatable bonds is 3.